The highest BCUT2D eigenvalue weighted by Crippen LogP contribution is 2.42. The molecule has 0 aromatic carbocycles. The highest BCUT2D eigenvalue weighted by atomic mass is 32.2. The maximum atomic E-state index is 11.4. The van der Waals surface area contributed by atoms with Gasteiger partial charge in [-0.05, 0) is 24.7 Å². The number of nitrogens with zero attached hydrogens (tertiary/aromatic N) is 2. The van der Waals surface area contributed by atoms with E-state index in [2.05, 4.69) is 17.3 Å². The average Bonchev–Trinajstić information content (AvgIpc) is 2.94. The van der Waals surface area contributed by atoms with Gasteiger partial charge in [0.25, 0.3) is 5.91 Å². The number of carbonyl (C=O) groups excluding carboxylic acids is 1. The summed E-state index contributed by atoms with van der Waals surface area (Å²) in [6.07, 6.45) is 8.93. The van der Waals surface area contributed by atoms with Gasteiger partial charge in [0.2, 0.25) is 0 Å². The van der Waals surface area contributed by atoms with Crippen LogP contribution in [-0.4, -0.2) is 27.2 Å². The lowest BCUT2D eigenvalue weighted by Gasteiger charge is -2.14. The zero-order valence-corrected chi connectivity index (χ0v) is 10.3. The summed E-state index contributed by atoms with van der Waals surface area (Å²) >= 11 is 6.46. The third kappa shape index (κ3) is 1.72. The van der Waals surface area contributed by atoms with Gasteiger partial charge in [-0.1, -0.05) is 36.1 Å². The van der Waals surface area contributed by atoms with Crippen LogP contribution in [0.4, 0.5) is 0 Å². The van der Waals surface area contributed by atoms with Crippen molar-refractivity contribution < 1.29 is 4.79 Å². The molecule has 0 N–H and O–H groups in total. The Morgan fingerprint density at radius 2 is 2.38 bits per heavy atom. The van der Waals surface area contributed by atoms with E-state index in [1.54, 1.807) is 0 Å². The van der Waals surface area contributed by atoms with Gasteiger partial charge in [0.15, 0.2) is 4.32 Å². The van der Waals surface area contributed by atoms with Gasteiger partial charge in [0.05, 0.1) is 5.75 Å². The van der Waals surface area contributed by atoms with E-state index in [1.165, 1.54) is 29.6 Å². The molecule has 3 unspecified atom stereocenters. The van der Waals surface area contributed by atoms with E-state index < -0.39 is 0 Å². The number of rotatable bonds is 2. The molecule has 3 nitrogen and oxygen atoms in total. The lowest BCUT2D eigenvalue weighted by molar-refractivity contribution is -0.124. The summed E-state index contributed by atoms with van der Waals surface area (Å²) < 4.78 is 0.583. The number of amides is 1. The van der Waals surface area contributed by atoms with Gasteiger partial charge in [0.1, 0.15) is 0 Å². The molecular weight excluding hydrogens is 240 g/mol. The molecule has 1 saturated carbocycles. The molecule has 3 aliphatic rings. The summed E-state index contributed by atoms with van der Waals surface area (Å²) in [5, 5.41) is 5.62. The Labute approximate surface area is 104 Å². The highest BCUT2D eigenvalue weighted by Gasteiger charge is 2.35. The van der Waals surface area contributed by atoms with Gasteiger partial charge >= 0.3 is 0 Å². The minimum Gasteiger partial charge on any atom is -0.272 e. The first-order valence-electron chi connectivity index (χ1n) is 5.46. The third-order valence-corrected chi connectivity index (χ3v) is 4.77. The van der Waals surface area contributed by atoms with Crippen molar-refractivity contribution in [2.75, 3.05) is 5.75 Å². The SMILES string of the molecule is O=C1CSC(=S)N1/N=C/C1CC2C=CC1C2. The Kier molecular flexibility index (Phi) is 2.59. The van der Waals surface area contributed by atoms with Crippen molar-refractivity contribution in [2.45, 2.75) is 12.8 Å². The van der Waals surface area contributed by atoms with E-state index >= 15 is 0 Å². The Morgan fingerprint density at radius 1 is 1.50 bits per heavy atom. The Hall–Kier alpha value is -0.680. The van der Waals surface area contributed by atoms with E-state index in [0.29, 0.717) is 21.9 Å². The quantitative estimate of drug-likeness (QED) is 0.428. The van der Waals surface area contributed by atoms with Crippen LogP contribution in [0.2, 0.25) is 0 Å². The van der Waals surface area contributed by atoms with Gasteiger partial charge in [0, 0.05) is 12.1 Å². The summed E-state index contributed by atoms with van der Waals surface area (Å²) in [5.41, 5.74) is 0. The van der Waals surface area contributed by atoms with Crippen molar-refractivity contribution in [1.82, 2.24) is 5.01 Å². The summed E-state index contributed by atoms with van der Waals surface area (Å²) in [6.45, 7) is 0. The molecule has 2 bridgehead atoms. The molecule has 3 atom stereocenters. The zero-order valence-electron chi connectivity index (χ0n) is 8.70. The number of carbonyl (C=O) groups is 1. The lowest BCUT2D eigenvalue weighted by atomic mass is 9.95. The van der Waals surface area contributed by atoms with Crippen LogP contribution in [0.5, 0.6) is 0 Å². The second-order valence-corrected chi connectivity index (χ2v) is 6.08. The lowest BCUT2D eigenvalue weighted by Crippen LogP contribution is -2.23. The van der Waals surface area contributed by atoms with Crippen LogP contribution in [-0.2, 0) is 4.79 Å². The van der Waals surface area contributed by atoms with E-state index in [4.69, 9.17) is 12.2 Å². The number of hydrazone groups is 1. The Balaban J connectivity index is 1.68. The molecule has 84 valence electrons. The number of hydrogen-bond acceptors (Lipinski definition) is 4. The third-order valence-electron chi connectivity index (χ3n) is 3.43. The van der Waals surface area contributed by atoms with Crippen LogP contribution in [0.1, 0.15) is 12.8 Å². The first-order chi connectivity index (χ1) is 7.74. The summed E-state index contributed by atoms with van der Waals surface area (Å²) in [6, 6.07) is 0. The summed E-state index contributed by atoms with van der Waals surface area (Å²) in [4.78, 5) is 11.4. The van der Waals surface area contributed by atoms with Gasteiger partial charge in [-0.3, -0.25) is 4.79 Å². The predicted octanol–water partition coefficient (Wildman–Crippen LogP) is 2.04. The van der Waals surface area contributed by atoms with Gasteiger partial charge in [-0.25, -0.2) is 0 Å². The number of thiocarbonyl (C=S) groups is 1. The van der Waals surface area contributed by atoms with E-state index in [9.17, 15) is 4.79 Å². The average molecular weight is 252 g/mol. The van der Waals surface area contributed by atoms with Crippen molar-refractivity contribution in [3.05, 3.63) is 12.2 Å². The molecule has 5 heteroatoms. The van der Waals surface area contributed by atoms with Crippen molar-refractivity contribution in [1.29, 1.82) is 0 Å². The number of thioether (sulfide) groups is 1. The summed E-state index contributed by atoms with van der Waals surface area (Å²) in [7, 11) is 0. The van der Waals surface area contributed by atoms with Crippen molar-refractivity contribution >= 4 is 40.4 Å². The molecule has 3 rings (SSSR count). The number of hydrogen-bond donors (Lipinski definition) is 0. The minimum atomic E-state index is 0.00458. The van der Waals surface area contributed by atoms with Gasteiger partial charge in [-0.15, -0.1) is 0 Å². The minimum absolute atomic E-state index is 0.00458. The fourth-order valence-electron chi connectivity index (χ4n) is 2.61. The molecule has 0 spiro atoms. The second kappa shape index (κ2) is 3.96. The molecule has 0 aromatic rings. The van der Waals surface area contributed by atoms with Crippen LogP contribution in [0.3, 0.4) is 0 Å². The molecular formula is C11H12N2OS2. The second-order valence-electron chi connectivity index (χ2n) is 4.47. The Morgan fingerprint density at radius 3 is 2.94 bits per heavy atom. The largest absolute Gasteiger partial charge is 0.272 e. The molecule has 0 radical (unpaired) electrons. The molecule has 2 aliphatic carbocycles. The monoisotopic (exact) mass is 252 g/mol. The normalized spacial score (nSPS) is 37.2. The predicted molar refractivity (Wildman–Crippen MR) is 69.2 cm³/mol. The molecule has 1 amide bonds. The number of fused-ring (bicyclic) bond motifs is 2. The van der Waals surface area contributed by atoms with Crippen LogP contribution in [0.25, 0.3) is 0 Å². The maximum absolute atomic E-state index is 11.4. The molecule has 1 heterocycles. The van der Waals surface area contributed by atoms with Crippen LogP contribution < -0.4 is 0 Å². The van der Waals surface area contributed by atoms with Gasteiger partial charge < -0.3 is 0 Å². The van der Waals surface area contributed by atoms with Gasteiger partial charge in [-0.2, -0.15) is 10.1 Å². The van der Waals surface area contributed by atoms with Crippen molar-refractivity contribution in [2.24, 2.45) is 22.9 Å². The highest BCUT2D eigenvalue weighted by molar-refractivity contribution is 8.23. The molecule has 2 fully saturated rings. The topological polar surface area (TPSA) is 32.7 Å². The smallest absolute Gasteiger partial charge is 0.259 e. The fraction of sp³-hybridized carbons (Fsp3) is 0.545. The standard InChI is InChI=1S/C11H12N2OS2/c14-10-6-16-11(15)13(10)12-5-9-4-7-1-2-8(9)3-7/h1-2,5,7-9H,3-4,6H2/b12-5+. The molecule has 16 heavy (non-hydrogen) atoms. The first-order valence-corrected chi connectivity index (χ1v) is 6.85. The van der Waals surface area contributed by atoms with Crippen LogP contribution in [0, 0.1) is 17.8 Å². The molecule has 1 aliphatic heterocycles. The van der Waals surface area contributed by atoms with Crippen molar-refractivity contribution in [3.8, 4) is 0 Å². The molecule has 1 saturated heterocycles. The number of allylic oxidation sites excluding steroid dienone is 2. The first kappa shape index (κ1) is 10.5. The van der Waals surface area contributed by atoms with Crippen LogP contribution >= 0.6 is 24.0 Å². The van der Waals surface area contributed by atoms with Crippen LogP contribution in [0.15, 0.2) is 17.3 Å². The van der Waals surface area contributed by atoms with E-state index in [1.807, 2.05) is 6.21 Å². The summed E-state index contributed by atoms with van der Waals surface area (Å²) in [5.74, 6) is 2.30. The zero-order chi connectivity index (χ0) is 11.1. The van der Waals surface area contributed by atoms with E-state index in [-0.39, 0.29) is 5.91 Å². The Bertz CT molecular complexity index is 389. The van der Waals surface area contributed by atoms with Crippen molar-refractivity contribution in [3.63, 3.8) is 0 Å². The maximum Gasteiger partial charge on any atom is 0.259 e. The fourth-order valence-corrected chi connectivity index (χ4v) is 3.57. The molecule has 0 aromatic heterocycles. The van der Waals surface area contributed by atoms with E-state index in [0.717, 1.165) is 5.92 Å².